The van der Waals surface area contributed by atoms with Gasteiger partial charge in [-0.15, -0.1) is 0 Å². The van der Waals surface area contributed by atoms with Gasteiger partial charge in [0.05, 0.1) is 5.92 Å². The lowest BCUT2D eigenvalue weighted by Gasteiger charge is -2.31. The number of hydrogen-bond donors (Lipinski definition) is 1. The Labute approximate surface area is 97.8 Å². The van der Waals surface area contributed by atoms with Gasteiger partial charge in [-0.3, -0.25) is 9.69 Å². The fourth-order valence-electron chi connectivity index (χ4n) is 2.19. The second-order valence-electron chi connectivity index (χ2n) is 5.71. The van der Waals surface area contributed by atoms with Gasteiger partial charge >= 0.3 is 5.97 Å². The molecule has 2 saturated carbocycles. The molecule has 2 fully saturated rings. The first-order valence-electron chi connectivity index (χ1n) is 6.54. The standard InChI is InChI=1S/C13H23NO2/c1-9(13(15)16)10(2)14(7-11-3-4-11)8-12-5-6-12/h9-12H,3-8H2,1-2H3,(H,15,16). The minimum Gasteiger partial charge on any atom is -0.481 e. The summed E-state index contributed by atoms with van der Waals surface area (Å²) in [4.78, 5) is 13.4. The van der Waals surface area contributed by atoms with Crippen LogP contribution in [0, 0.1) is 17.8 Å². The second-order valence-corrected chi connectivity index (χ2v) is 5.71. The van der Waals surface area contributed by atoms with Crippen molar-refractivity contribution >= 4 is 5.97 Å². The van der Waals surface area contributed by atoms with Gasteiger partial charge in [-0.1, -0.05) is 6.92 Å². The van der Waals surface area contributed by atoms with E-state index in [4.69, 9.17) is 5.11 Å². The first-order valence-corrected chi connectivity index (χ1v) is 6.54. The van der Waals surface area contributed by atoms with Crippen LogP contribution in [0.3, 0.4) is 0 Å². The number of carboxylic acid groups (broad SMARTS) is 1. The largest absolute Gasteiger partial charge is 0.481 e. The van der Waals surface area contributed by atoms with Crippen molar-refractivity contribution in [2.75, 3.05) is 13.1 Å². The van der Waals surface area contributed by atoms with Crippen molar-refractivity contribution < 1.29 is 9.90 Å². The molecule has 0 radical (unpaired) electrons. The Kier molecular flexibility index (Phi) is 3.53. The third kappa shape index (κ3) is 3.21. The van der Waals surface area contributed by atoms with E-state index in [2.05, 4.69) is 11.8 Å². The smallest absolute Gasteiger partial charge is 0.307 e. The maximum absolute atomic E-state index is 11.0. The van der Waals surface area contributed by atoms with Crippen molar-refractivity contribution in [1.82, 2.24) is 4.90 Å². The first kappa shape index (κ1) is 11.9. The summed E-state index contributed by atoms with van der Waals surface area (Å²) in [5.74, 6) is 0.783. The molecule has 0 spiro atoms. The van der Waals surface area contributed by atoms with E-state index >= 15 is 0 Å². The maximum atomic E-state index is 11.0. The van der Waals surface area contributed by atoms with Crippen LogP contribution in [-0.4, -0.2) is 35.1 Å². The molecule has 0 aromatic carbocycles. The quantitative estimate of drug-likeness (QED) is 0.722. The van der Waals surface area contributed by atoms with Crippen molar-refractivity contribution in [3.05, 3.63) is 0 Å². The van der Waals surface area contributed by atoms with E-state index in [0.717, 1.165) is 24.9 Å². The summed E-state index contributed by atoms with van der Waals surface area (Å²) in [5.41, 5.74) is 0. The van der Waals surface area contributed by atoms with Gasteiger partial charge in [-0.2, -0.15) is 0 Å². The highest BCUT2D eigenvalue weighted by Gasteiger charge is 2.34. The Bertz CT molecular complexity index is 245. The predicted octanol–water partition coefficient (Wildman–Crippen LogP) is 2.22. The molecule has 2 aliphatic rings. The number of nitrogens with zero attached hydrogens (tertiary/aromatic N) is 1. The molecule has 92 valence electrons. The van der Waals surface area contributed by atoms with E-state index in [9.17, 15) is 4.79 Å². The summed E-state index contributed by atoms with van der Waals surface area (Å²) >= 11 is 0. The SMILES string of the molecule is CC(C(=O)O)C(C)N(CC1CC1)CC1CC1. The summed E-state index contributed by atoms with van der Waals surface area (Å²) in [6.07, 6.45) is 5.37. The van der Waals surface area contributed by atoms with Gasteiger partial charge in [-0.25, -0.2) is 0 Å². The third-order valence-electron chi connectivity index (χ3n) is 4.07. The van der Waals surface area contributed by atoms with E-state index in [1.807, 2.05) is 6.92 Å². The third-order valence-corrected chi connectivity index (χ3v) is 4.07. The summed E-state index contributed by atoms with van der Waals surface area (Å²) in [5, 5.41) is 9.07. The zero-order chi connectivity index (χ0) is 11.7. The van der Waals surface area contributed by atoms with Crippen LogP contribution in [0.5, 0.6) is 0 Å². The van der Waals surface area contributed by atoms with Crippen molar-refractivity contribution in [1.29, 1.82) is 0 Å². The highest BCUT2D eigenvalue weighted by molar-refractivity contribution is 5.70. The Hall–Kier alpha value is -0.570. The number of carboxylic acids is 1. The molecule has 1 N–H and O–H groups in total. The molecule has 16 heavy (non-hydrogen) atoms. The molecule has 0 heterocycles. The van der Waals surface area contributed by atoms with Crippen LogP contribution in [0.1, 0.15) is 39.5 Å². The van der Waals surface area contributed by atoms with Gasteiger partial charge in [0, 0.05) is 19.1 Å². The summed E-state index contributed by atoms with van der Waals surface area (Å²) in [6, 6.07) is 0.179. The topological polar surface area (TPSA) is 40.5 Å². The molecule has 0 bridgehead atoms. The lowest BCUT2D eigenvalue weighted by atomic mass is 10.0. The van der Waals surface area contributed by atoms with Gasteiger partial charge < -0.3 is 5.11 Å². The molecule has 3 heteroatoms. The van der Waals surface area contributed by atoms with Gasteiger partial charge in [0.1, 0.15) is 0 Å². The van der Waals surface area contributed by atoms with Crippen molar-refractivity contribution in [3.63, 3.8) is 0 Å². The summed E-state index contributed by atoms with van der Waals surface area (Å²) < 4.78 is 0. The summed E-state index contributed by atoms with van der Waals surface area (Å²) in [7, 11) is 0. The lowest BCUT2D eigenvalue weighted by Crippen LogP contribution is -2.42. The lowest BCUT2D eigenvalue weighted by molar-refractivity contribution is -0.143. The van der Waals surface area contributed by atoms with Gasteiger partial charge in [0.25, 0.3) is 0 Å². The average molecular weight is 225 g/mol. The maximum Gasteiger partial charge on any atom is 0.307 e. The van der Waals surface area contributed by atoms with Crippen LogP contribution in [0.2, 0.25) is 0 Å². The molecular formula is C13H23NO2. The number of rotatable bonds is 7. The van der Waals surface area contributed by atoms with E-state index < -0.39 is 5.97 Å². The van der Waals surface area contributed by atoms with Gasteiger partial charge in [-0.05, 0) is 44.4 Å². The second kappa shape index (κ2) is 4.74. The molecule has 3 nitrogen and oxygen atoms in total. The monoisotopic (exact) mass is 225 g/mol. The molecule has 0 aromatic heterocycles. The Morgan fingerprint density at radius 3 is 1.94 bits per heavy atom. The van der Waals surface area contributed by atoms with Crippen molar-refractivity contribution in [3.8, 4) is 0 Å². The molecular weight excluding hydrogens is 202 g/mol. The molecule has 2 rings (SSSR count). The Morgan fingerprint density at radius 2 is 1.62 bits per heavy atom. The van der Waals surface area contributed by atoms with Crippen molar-refractivity contribution in [2.24, 2.45) is 17.8 Å². The number of carbonyl (C=O) groups is 1. The fraction of sp³-hybridized carbons (Fsp3) is 0.923. The average Bonchev–Trinajstić information content (AvgIpc) is 3.08. The zero-order valence-electron chi connectivity index (χ0n) is 10.4. The minimum absolute atomic E-state index is 0.179. The molecule has 0 aliphatic heterocycles. The Morgan fingerprint density at radius 1 is 1.19 bits per heavy atom. The molecule has 2 atom stereocenters. The van der Waals surface area contributed by atoms with Crippen LogP contribution >= 0.6 is 0 Å². The van der Waals surface area contributed by atoms with Crippen LogP contribution < -0.4 is 0 Å². The summed E-state index contributed by atoms with van der Waals surface area (Å²) in [6.45, 7) is 6.15. The fourth-order valence-corrected chi connectivity index (χ4v) is 2.19. The van der Waals surface area contributed by atoms with E-state index in [1.165, 1.54) is 25.7 Å². The molecule has 0 saturated heterocycles. The minimum atomic E-state index is -0.663. The molecule has 0 aromatic rings. The normalized spacial score (nSPS) is 24.4. The number of hydrogen-bond acceptors (Lipinski definition) is 2. The number of aliphatic carboxylic acids is 1. The molecule has 0 amide bonds. The van der Waals surface area contributed by atoms with Gasteiger partial charge in [0.2, 0.25) is 0 Å². The molecule has 2 unspecified atom stereocenters. The predicted molar refractivity (Wildman–Crippen MR) is 63.3 cm³/mol. The van der Waals surface area contributed by atoms with E-state index in [1.54, 1.807) is 0 Å². The van der Waals surface area contributed by atoms with E-state index in [0.29, 0.717) is 0 Å². The van der Waals surface area contributed by atoms with Crippen molar-refractivity contribution in [2.45, 2.75) is 45.6 Å². The highest BCUT2D eigenvalue weighted by Crippen LogP contribution is 2.35. The van der Waals surface area contributed by atoms with Crippen LogP contribution in [0.25, 0.3) is 0 Å². The highest BCUT2D eigenvalue weighted by atomic mass is 16.4. The van der Waals surface area contributed by atoms with Crippen LogP contribution in [0.4, 0.5) is 0 Å². The zero-order valence-corrected chi connectivity index (χ0v) is 10.4. The van der Waals surface area contributed by atoms with Crippen LogP contribution in [0.15, 0.2) is 0 Å². The first-order chi connectivity index (χ1) is 7.58. The Balaban J connectivity index is 1.88. The van der Waals surface area contributed by atoms with E-state index in [-0.39, 0.29) is 12.0 Å². The molecule has 2 aliphatic carbocycles. The van der Waals surface area contributed by atoms with Gasteiger partial charge in [0.15, 0.2) is 0 Å². The van der Waals surface area contributed by atoms with Crippen LogP contribution in [-0.2, 0) is 4.79 Å².